The number of nitrogens with one attached hydrogen (secondary N) is 1. The van der Waals surface area contributed by atoms with E-state index in [9.17, 15) is 8.78 Å². The number of alkyl halides is 2. The third kappa shape index (κ3) is 3.58. The summed E-state index contributed by atoms with van der Waals surface area (Å²) in [4.78, 5) is 0. The van der Waals surface area contributed by atoms with Crippen molar-refractivity contribution < 1.29 is 13.5 Å². The molecule has 0 aliphatic carbocycles. The summed E-state index contributed by atoms with van der Waals surface area (Å²) >= 11 is 0. The van der Waals surface area contributed by atoms with Gasteiger partial charge >= 0.3 is 6.61 Å². The van der Waals surface area contributed by atoms with E-state index in [1.54, 1.807) is 24.3 Å². The lowest BCUT2D eigenvalue weighted by Crippen LogP contribution is -2.19. The number of hydrogen-bond acceptors (Lipinski definition) is 2. The first-order valence-electron chi connectivity index (χ1n) is 6.81. The van der Waals surface area contributed by atoms with Crippen LogP contribution in [0.25, 0.3) is 0 Å². The minimum absolute atomic E-state index is 0.0190. The van der Waals surface area contributed by atoms with Crippen LogP contribution >= 0.6 is 0 Å². The van der Waals surface area contributed by atoms with E-state index < -0.39 is 6.61 Å². The molecular weight excluding hydrogens is 272 g/mol. The van der Waals surface area contributed by atoms with Gasteiger partial charge in [-0.1, -0.05) is 30.3 Å². The van der Waals surface area contributed by atoms with Crippen LogP contribution in [0.2, 0.25) is 0 Å². The van der Waals surface area contributed by atoms with Crippen LogP contribution in [0.15, 0.2) is 42.5 Å². The molecule has 0 bridgehead atoms. The Hall–Kier alpha value is -1.94. The van der Waals surface area contributed by atoms with Crippen molar-refractivity contribution in [1.29, 1.82) is 0 Å². The number of rotatable bonds is 5. The van der Waals surface area contributed by atoms with Gasteiger partial charge in [0.15, 0.2) is 0 Å². The van der Waals surface area contributed by atoms with E-state index >= 15 is 0 Å². The highest BCUT2D eigenvalue weighted by atomic mass is 19.3. The zero-order valence-electron chi connectivity index (χ0n) is 12.4. The summed E-state index contributed by atoms with van der Waals surface area (Å²) in [5.74, 6) is 0.171. The van der Waals surface area contributed by atoms with Crippen molar-refractivity contribution in [3.63, 3.8) is 0 Å². The van der Waals surface area contributed by atoms with Gasteiger partial charge in [-0.15, -0.1) is 0 Å². The van der Waals surface area contributed by atoms with Gasteiger partial charge in [0.05, 0.1) is 6.04 Å². The molecule has 0 spiro atoms. The molecule has 0 aliphatic rings. The summed E-state index contributed by atoms with van der Waals surface area (Å²) in [5, 5.41) is 3.27. The van der Waals surface area contributed by atoms with Crippen LogP contribution < -0.4 is 10.1 Å². The predicted octanol–water partition coefficient (Wildman–Crippen LogP) is 4.21. The van der Waals surface area contributed by atoms with Crippen molar-refractivity contribution >= 4 is 0 Å². The van der Waals surface area contributed by atoms with Crippen LogP contribution in [-0.2, 0) is 0 Å². The standard InChI is InChI=1S/C17H19F2NO/c1-11-5-4-6-15(12(11)2)16(20-3)13-7-9-14(10-8-13)21-17(18)19/h4-10,16-17,20H,1-3H3. The van der Waals surface area contributed by atoms with Gasteiger partial charge in [0.25, 0.3) is 0 Å². The molecule has 2 aromatic rings. The molecule has 0 saturated heterocycles. The monoisotopic (exact) mass is 291 g/mol. The molecule has 2 aromatic carbocycles. The second-order valence-corrected chi connectivity index (χ2v) is 4.96. The minimum Gasteiger partial charge on any atom is -0.435 e. The van der Waals surface area contributed by atoms with E-state index in [0.29, 0.717) is 0 Å². The molecule has 0 amide bonds. The largest absolute Gasteiger partial charge is 0.435 e. The first-order chi connectivity index (χ1) is 10.0. The molecule has 0 radical (unpaired) electrons. The summed E-state index contributed by atoms with van der Waals surface area (Å²) in [6, 6.07) is 12.9. The van der Waals surface area contributed by atoms with E-state index in [2.05, 4.69) is 36.0 Å². The Kier molecular flexibility index (Phi) is 4.91. The second-order valence-electron chi connectivity index (χ2n) is 4.96. The number of benzene rings is 2. The van der Waals surface area contributed by atoms with E-state index in [1.165, 1.54) is 16.7 Å². The quantitative estimate of drug-likeness (QED) is 0.891. The predicted molar refractivity (Wildman–Crippen MR) is 79.9 cm³/mol. The Morgan fingerprint density at radius 3 is 2.24 bits per heavy atom. The number of halogens is 2. The van der Waals surface area contributed by atoms with Crippen LogP contribution in [0.1, 0.15) is 28.3 Å². The molecule has 0 aromatic heterocycles. The lowest BCUT2D eigenvalue weighted by Gasteiger charge is -2.21. The van der Waals surface area contributed by atoms with Crippen LogP contribution in [0.4, 0.5) is 8.78 Å². The highest BCUT2D eigenvalue weighted by Crippen LogP contribution is 2.27. The van der Waals surface area contributed by atoms with E-state index in [0.717, 1.165) is 5.56 Å². The number of hydrogen-bond donors (Lipinski definition) is 1. The van der Waals surface area contributed by atoms with Gasteiger partial charge in [-0.05, 0) is 55.3 Å². The fourth-order valence-electron chi connectivity index (χ4n) is 2.43. The topological polar surface area (TPSA) is 21.3 Å². The van der Waals surface area contributed by atoms with Crippen LogP contribution in [0.5, 0.6) is 5.75 Å². The maximum absolute atomic E-state index is 12.2. The van der Waals surface area contributed by atoms with Gasteiger partial charge < -0.3 is 10.1 Å². The Balaban J connectivity index is 2.31. The summed E-state index contributed by atoms with van der Waals surface area (Å²) in [5.41, 5.74) is 4.64. The lowest BCUT2D eigenvalue weighted by molar-refractivity contribution is -0.0498. The third-order valence-corrected chi connectivity index (χ3v) is 3.68. The average molecular weight is 291 g/mol. The first-order valence-corrected chi connectivity index (χ1v) is 6.81. The molecular formula is C17H19F2NO. The van der Waals surface area contributed by atoms with Crippen molar-refractivity contribution in [2.24, 2.45) is 0 Å². The van der Waals surface area contributed by atoms with Crippen molar-refractivity contribution in [3.05, 3.63) is 64.7 Å². The van der Waals surface area contributed by atoms with Gasteiger partial charge in [-0.3, -0.25) is 0 Å². The SMILES string of the molecule is CNC(c1ccc(OC(F)F)cc1)c1cccc(C)c1C. The average Bonchev–Trinajstić information content (AvgIpc) is 2.45. The zero-order valence-corrected chi connectivity index (χ0v) is 12.4. The Morgan fingerprint density at radius 1 is 1.00 bits per heavy atom. The summed E-state index contributed by atoms with van der Waals surface area (Å²) in [7, 11) is 1.88. The molecule has 112 valence electrons. The fraction of sp³-hybridized carbons (Fsp3) is 0.294. The van der Waals surface area contributed by atoms with Crippen molar-refractivity contribution in [1.82, 2.24) is 5.32 Å². The van der Waals surface area contributed by atoms with Gasteiger partial charge in [0, 0.05) is 0 Å². The summed E-state index contributed by atoms with van der Waals surface area (Å²) < 4.78 is 28.7. The Morgan fingerprint density at radius 2 is 1.67 bits per heavy atom. The van der Waals surface area contributed by atoms with Crippen molar-refractivity contribution in [2.75, 3.05) is 7.05 Å². The molecule has 4 heteroatoms. The van der Waals surface area contributed by atoms with Gasteiger partial charge in [-0.2, -0.15) is 8.78 Å². The highest BCUT2D eigenvalue weighted by molar-refractivity contribution is 5.41. The van der Waals surface area contributed by atoms with Gasteiger partial charge in [0.2, 0.25) is 0 Å². The molecule has 21 heavy (non-hydrogen) atoms. The number of ether oxygens (including phenoxy) is 1. The molecule has 1 unspecified atom stereocenters. The van der Waals surface area contributed by atoms with Crippen molar-refractivity contribution in [3.8, 4) is 5.75 Å². The highest BCUT2D eigenvalue weighted by Gasteiger charge is 2.15. The molecule has 1 atom stereocenters. The summed E-state index contributed by atoms with van der Waals surface area (Å²) in [6.07, 6.45) is 0. The Bertz CT molecular complexity index is 596. The van der Waals surface area contributed by atoms with E-state index in [-0.39, 0.29) is 11.8 Å². The summed E-state index contributed by atoms with van der Waals surface area (Å²) in [6.45, 7) is 1.36. The number of aryl methyl sites for hydroxylation is 1. The maximum atomic E-state index is 12.2. The third-order valence-electron chi connectivity index (χ3n) is 3.68. The van der Waals surface area contributed by atoms with Gasteiger partial charge in [0.1, 0.15) is 5.75 Å². The van der Waals surface area contributed by atoms with Crippen LogP contribution in [0.3, 0.4) is 0 Å². The van der Waals surface area contributed by atoms with Crippen LogP contribution in [-0.4, -0.2) is 13.7 Å². The normalized spacial score (nSPS) is 12.5. The van der Waals surface area contributed by atoms with Gasteiger partial charge in [-0.25, -0.2) is 0 Å². The molecule has 0 saturated carbocycles. The van der Waals surface area contributed by atoms with E-state index in [1.807, 2.05) is 13.1 Å². The zero-order chi connectivity index (χ0) is 15.4. The molecule has 0 aliphatic heterocycles. The van der Waals surface area contributed by atoms with Crippen molar-refractivity contribution in [2.45, 2.75) is 26.5 Å². The second kappa shape index (κ2) is 6.68. The minimum atomic E-state index is -2.80. The molecule has 1 N–H and O–H groups in total. The Labute approximate surface area is 123 Å². The molecule has 2 nitrogen and oxygen atoms in total. The lowest BCUT2D eigenvalue weighted by atomic mass is 9.93. The first kappa shape index (κ1) is 15.4. The van der Waals surface area contributed by atoms with Crippen LogP contribution in [0, 0.1) is 13.8 Å². The van der Waals surface area contributed by atoms with E-state index in [4.69, 9.17) is 0 Å². The molecule has 0 heterocycles. The maximum Gasteiger partial charge on any atom is 0.387 e. The fourth-order valence-corrected chi connectivity index (χ4v) is 2.43. The smallest absolute Gasteiger partial charge is 0.387 e. The molecule has 2 rings (SSSR count). The molecule has 0 fully saturated rings.